The van der Waals surface area contributed by atoms with Gasteiger partial charge < -0.3 is 9.80 Å². The Morgan fingerprint density at radius 3 is 2.36 bits per heavy atom. The van der Waals surface area contributed by atoms with Crippen LogP contribution in [0.15, 0.2) is 48.8 Å². The average Bonchev–Trinajstić information content (AvgIpc) is 3.19. The van der Waals surface area contributed by atoms with E-state index in [1.165, 1.54) is 5.56 Å². The highest BCUT2D eigenvalue weighted by Gasteiger charge is 2.35. The number of aromatic nitrogens is 2. The van der Waals surface area contributed by atoms with Gasteiger partial charge in [-0.15, -0.1) is 0 Å². The summed E-state index contributed by atoms with van der Waals surface area (Å²) in [5.41, 5.74) is 1.27. The highest BCUT2D eigenvalue weighted by Crippen LogP contribution is 2.34. The molecular formula is C20H24N4O. The van der Waals surface area contributed by atoms with Gasteiger partial charge in [0.25, 0.3) is 0 Å². The number of nitrogens with zero attached hydrogens (tertiary/aromatic N) is 4. The molecule has 2 aliphatic rings. The lowest BCUT2D eigenvalue weighted by Crippen LogP contribution is -2.42. The van der Waals surface area contributed by atoms with Crippen molar-refractivity contribution in [3.8, 4) is 0 Å². The molecule has 1 amide bonds. The summed E-state index contributed by atoms with van der Waals surface area (Å²) in [6.07, 6.45) is 7.49. The molecule has 130 valence electrons. The minimum Gasteiger partial charge on any atom is -0.341 e. The van der Waals surface area contributed by atoms with E-state index in [0.29, 0.717) is 5.91 Å². The van der Waals surface area contributed by atoms with E-state index in [1.807, 2.05) is 12.1 Å². The van der Waals surface area contributed by atoms with Crippen LogP contribution in [0.25, 0.3) is 0 Å². The lowest BCUT2D eigenvalue weighted by Gasteiger charge is -2.35. The number of hydrogen-bond donors (Lipinski definition) is 0. The predicted molar refractivity (Wildman–Crippen MR) is 97.1 cm³/mol. The van der Waals surface area contributed by atoms with E-state index >= 15 is 0 Å². The third kappa shape index (κ3) is 3.36. The fraction of sp³-hybridized carbons (Fsp3) is 0.450. The molecule has 1 aromatic carbocycles. The molecule has 4 rings (SSSR count). The van der Waals surface area contributed by atoms with Crippen molar-refractivity contribution in [3.63, 3.8) is 0 Å². The Bertz CT molecular complexity index is 698. The van der Waals surface area contributed by atoms with Crippen LogP contribution >= 0.6 is 0 Å². The van der Waals surface area contributed by atoms with Crippen LogP contribution in [0.4, 0.5) is 5.95 Å². The molecule has 2 aliphatic heterocycles. The number of hydrogen-bond acceptors (Lipinski definition) is 4. The highest BCUT2D eigenvalue weighted by atomic mass is 16.2. The molecule has 0 bridgehead atoms. The van der Waals surface area contributed by atoms with Crippen molar-refractivity contribution in [1.29, 1.82) is 0 Å². The van der Waals surface area contributed by atoms with E-state index in [1.54, 1.807) is 12.4 Å². The quantitative estimate of drug-likeness (QED) is 0.864. The monoisotopic (exact) mass is 336 g/mol. The van der Waals surface area contributed by atoms with E-state index in [2.05, 4.69) is 44.0 Å². The van der Waals surface area contributed by atoms with Crippen molar-refractivity contribution in [3.05, 3.63) is 54.4 Å². The zero-order valence-corrected chi connectivity index (χ0v) is 14.4. The van der Waals surface area contributed by atoms with Gasteiger partial charge in [-0.1, -0.05) is 30.3 Å². The fourth-order valence-corrected chi connectivity index (χ4v) is 4.07. The van der Waals surface area contributed by atoms with Gasteiger partial charge in [0.15, 0.2) is 0 Å². The molecule has 0 N–H and O–H groups in total. The second-order valence-corrected chi connectivity index (χ2v) is 6.91. The van der Waals surface area contributed by atoms with Gasteiger partial charge in [0.2, 0.25) is 11.9 Å². The van der Waals surface area contributed by atoms with Crippen molar-refractivity contribution in [1.82, 2.24) is 14.9 Å². The van der Waals surface area contributed by atoms with E-state index in [9.17, 15) is 4.79 Å². The summed E-state index contributed by atoms with van der Waals surface area (Å²) in [5.74, 6) is 1.24. The third-order valence-corrected chi connectivity index (χ3v) is 5.40. The molecule has 2 fully saturated rings. The van der Waals surface area contributed by atoms with Crippen LogP contribution in [0.2, 0.25) is 0 Å². The Morgan fingerprint density at radius 1 is 0.920 bits per heavy atom. The lowest BCUT2D eigenvalue weighted by atomic mass is 9.94. The summed E-state index contributed by atoms with van der Waals surface area (Å²) >= 11 is 0. The molecule has 2 saturated heterocycles. The number of anilines is 1. The van der Waals surface area contributed by atoms with Crippen molar-refractivity contribution in [2.24, 2.45) is 5.92 Å². The normalized spacial score (nSPS) is 21.5. The topological polar surface area (TPSA) is 49.3 Å². The van der Waals surface area contributed by atoms with Crippen LogP contribution in [0.5, 0.6) is 0 Å². The summed E-state index contributed by atoms with van der Waals surface area (Å²) in [6.45, 7) is 2.59. The summed E-state index contributed by atoms with van der Waals surface area (Å²) in [7, 11) is 0. The molecule has 5 nitrogen and oxygen atoms in total. The van der Waals surface area contributed by atoms with Crippen LogP contribution < -0.4 is 4.90 Å². The number of amides is 1. The van der Waals surface area contributed by atoms with Gasteiger partial charge in [-0.3, -0.25) is 4.79 Å². The zero-order valence-electron chi connectivity index (χ0n) is 14.4. The van der Waals surface area contributed by atoms with E-state index in [4.69, 9.17) is 0 Å². The molecule has 1 aromatic heterocycles. The van der Waals surface area contributed by atoms with Gasteiger partial charge in [0.1, 0.15) is 0 Å². The maximum atomic E-state index is 13.1. The first-order valence-electron chi connectivity index (χ1n) is 9.20. The van der Waals surface area contributed by atoms with Gasteiger partial charge in [0, 0.05) is 37.9 Å². The molecular weight excluding hydrogens is 312 g/mol. The first kappa shape index (κ1) is 16.1. The maximum Gasteiger partial charge on any atom is 0.226 e. The Balaban J connectivity index is 1.40. The van der Waals surface area contributed by atoms with Gasteiger partial charge in [-0.05, 0) is 37.3 Å². The Morgan fingerprint density at radius 2 is 1.64 bits per heavy atom. The number of piperidine rings is 1. The molecule has 1 atom stereocenters. The predicted octanol–water partition coefficient (Wildman–Crippen LogP) is 3.06. The van der Waals surface area contributed by atoms with Crippen molar-refractivity contribution in [2.45, 2.75) is 31.7 Å². The minimum absolute atomic E-state index is 0.129. The molecule has 0 spiro atoms. The largest absolute Gasteiger partial charge is 0.341 e. The molecule has 0 radical (unpaired) electrons. The lowest BCUT2D eigenvalue weighted by molar-refractivity contribution is -0.137. The first-order valence-corrected chi connectivity index (χ1v) is 9.20. The van der Waals surface area contributed by atoms with E-state index in [-0.39, 0.29) is 12.0 Å². The maximum absolute atomic E-state index is 13.1. The Kier molecular flexibility index (Phi) is 4.63. The summed E-state index contributed by atoms with van der Waals surface area (Å²) < 4.78 is 0. The van der Waals surface area contributed by atoms with Gasteiger partial charge in [0.05, 0.1) is 6.04 Å². The molecule has 0 saturated carbocycles. The smallest absolute Gasteiger partial charge is 0.226 e. The fourth-order valence-electron chi connectivity index (χ4n) is 4.07. The minimum atomic E-state index is 0.129. The van der Waals surface area contributed by atoms with Crippen molar-refractivity contribution in [2.75, 3.05) is 24.5 Å². The highest BCUT2D eigenvalue weighted by molar-refractivity contribution is 5.80. The standard InChI is InChI=1S/C20H24N4O/c25-19(24-13-4-8-18(24)16-6-2-1-3-7-16)17-9-14-23(15-10-17)20-21-11-5-12-22-20/h1-3,5-7,11-12,17-18H,4,8-10,13-15H2/t18-/m1/s1. The van der Waals surface area contributed by atoms with E-state index < -0.39 is 0 Å². The van der Waals surface area contributed by atoms with E-state index in [0.717, 1.165) is 51.3 Å². The zero-order chi connectivity index (χ0) is 17.1. The number of benzene rings is 1. The van der Waals surface area contributed by atoms with Gasteiger partial charge in [-0.2, -0.15) is 0 Å². The van der Waals surface area contributed by atoms with Crippen LogP contribution in [-0.2, 0) is 4.79 Å². The molecule has 2 aromatic rings. The third-order valence-electron chi connectivity index (χ3n) is 5.40. The second-order valence-electron chi connectivity index (χ2n) is 6.91. The second kappa shape index (κ2) is 7.21. The molecule has 0 aliphatic carbocycles. The first-order chi connectivity index (χ1) is 12.3. The molecule has 3 heterocycles. The molecule has 5 heteroatoms. The number of carbonyl (C=O) groups is 1. The van der Waals surface area contributed by atoms with Crippen LogP contribution in [0, 0.1) is 5.92 Å². The van der Waals surface area contributed by atoms with Gasteiger partial charge >= 0.3 is 0 Å². The number of rotatable bonds is 3. The molecule has 0 unspecified atom stereocenters. The Labute approximate surface area is 148 Å². The molecule has 25 heavy (non-hydrogen) atoms. The van der Waals surface area contributed by atoms with Crippen molar-refractivity contribution < 1.29 is 4.79 Å². The summed E-state index contributed by atoms with van der Waals surface area (Å²) in [6, 6.07) is 12.5. The number of likely N-dealkylation sites (tertiary alicyclic amines) is 1. The van der Waals surface area contributed by atoms with Gasteiger partial charge in [-0.25, -0.2) is 9.97 Å². The SMILES string of the molecule is O=C(C1CCN(c2ncccn2)CC1)N1CCC[C@@H]1c1ccccc1. The van der Waals surface area contributed by atoms with Crippen molar-refractivity contribution >= 4 is 11.9 Å². The summed E-state index contributed by atoms with van der Waals surface area (Å²) in [4.78, 5) is 26.0. The number of carbonyl (C=O) groups excluding carboxylic acids is 1. The van der Waals surface area contributed by atoms with Crippen LogP contribution in [-0.4, -0.2) is 40.4 Å². The summed E-state index contributed by atoms with van der Waals surface area (Å²) in [5, 5.41) is 0. The Hall–Kier alpha value is -2.43. The van der Waals surface area contributed by atoms with Crippen LogP contribution in [0.3, 0.4) is 0 Å². The van der Waals surface area contributed by atoms with Crippen LogP contribution in [0.1, 0.15) is 37.3 Å². The average molecular weight is 336 g/mol.